The van der Waals surface area contributed by atoms with Gasteiger partial charge in [-0.1, -0.05) is 22.0 Å². The van der Waals surface area contributed by atoms with Crippen LogP contribution in [-0.2, 0) is 16.2 Å². The first-order valence-corrected chi connectivity index (χ1v) is 5.36. The van der Waals surface area contributed by atoms with Gasteiger partial charge in [-0.2, -0.15) is 0 Å². The average Bonchev–Trinajstić information content (AvgIpc) is 2.21. The number of rotatable bonds is 4. The second-order valence-electron chi connectivity index (χ2n) is 2.68. The molecule has 1 amide bonds. The highest BCUT2D eigenvalue weighted by Crippen LogP contribution is 2.18. The van der Waals surface area contributed by atoms with Gasteiger partial charge in [0.2, 0.25) is 0 Å². The van der Waals surface area contributed by atoms with Gasteiger partial charge in [-0.15, -0.1) is 11.6 Å². The van der Waals surface area contributed by atoms with Crippen molar-refractivity contribution >= 4 is 33.4 Å². The first-order valence-electron chi connectivity index (χ1n) is 4.04. The van der Waals surface area contributed by atoms with Crippen molar-refractivity contribution in [3.05, 3.63) is 34.1 Å². The molecule has 15 heavy (non-hydrogen) atoms. The fraction of sp³-hybridized carbons (Fsp3) is 0.222. The number of nitrogens with one attached hydrogen (secondary N) is 1. The smallest absolute Gasteiger partial charge is 0.258 e. The maximum absolute atomic E-state index is 12.7. The molecule has 0 heterocycles. The molecule has 0 bridgehead atoms. The Hall–Kier alpha value is -0.650. The third-order valence-corrected chi connectivity index (χ3v) is 2.53. The lowest BCUT2D eigenvalue weighted by atomic mass is 10.2. The number of carbonyl (C=O) groups is 1. The Balaban J connectivity index is 2.47. The summed E-state index contributed by atoms with van der Waals surface area (Å²) in [6.45, 7) is 0.142. The molecule has 0 saturated carbocycles. The van der Waals surface area contributed by atoms with Crippen LogP contribution >= 0.6 is 27.5 Å². The molecule has 0 aromatic heterocycles. The van der Waals surface area contributed by atoms with Crippen molar-refractivity contribution in [2.45, 2.75) is 6.61 Å². The Bertz CT molecular complexity index is 362. The highest BCUT2D eigenvalue weighted by molar-refractivity contribution is 9.10. The summed E-state index contributed by atoms with van der Waals surface area (Å²) >= 11 is 8.41. The second-order valence-corrected chi connectivity index (χ2v) is 3.80. The summed E-state index contributed by atoms with van der Waals surface area (Å²) in [7, 11) is 0. The van der Waals surface area contributed by atoms with E-state index in [2.05, 4.69) is 21.4 Å². The third kappa shape index (κ3) is 4.15. The highest BCUT2D eigenvalue weighted by atomic mass is 79.9. The molecular weight excluding hydrogens is 288 g/mol. The Morgan fingerprint density at radius 1 is 1.60 bits per heavy atom. The maximum Gasteiger partial charge on any atom is 0.258 e. The SMILES string of the molecule is O=C(CCl)NOCc1ccc(F)cc1Br. The van der Waals surface area contributed by atoms with Gasteiger partial charge in [-0.05, 0) is 17.7 Å². The quantitative estimate of drug-likeness (QED) is 0.684. The number of hydrogen-bond acceptors (Lipinski definition) is 2. The Kier molecular flexibility index (Phi) is 5.01. The van der Waals surface area contributed by atoms with Gasteiger partial charge in [-0.3, -0.25) is 9.63 Å². The Morgan fingerprint density at radius 3 is 2.93 bits per heavy atom. The average molecular weight is 297 g/mol. The van der Waals surface area contributed by atoms with Crippen LogP contribution in [0, 0.1) is 5.82 Å². The number of halogens is 3. The van der Waals surface area contributed by atoms with E-state index in [-0.39, 0.29) is 18.3 Å². The van der Waals surface area contributed by atoms with Crippen molar-refractivity contribution in [1.82, 2.24) is 5.48 Å². The van der Waals surface area contributed by atoms with Crippen LogP contribution in [0.5, 0.6) is 0 Å². The number of alkyl halides is 1. The molecule has 0 aliphatic carbocycles. The van der Waals surface area contributed by atoms with Crippen LogP contribution in [-0.4, -0.2) is 11.8 Å². The number of carbonyl (C=O) groups excluding carboxylic acids is 1. The fourth-order valence-corrected chi connectivity index (χ4v) is 1.38. The molecule has 82 valence electrons. The molecule has 0 radical (unpaired) electrons. The van der Waals surface area contributed by atoms with Crippen LogP contribution in [0.3, 0.4) is 0 Å². The maximum atomic E-state index is 12.7. The van der Waals surface area contributed by atoms with Crippen LogP contribution in [0.1, 0.15) is 5.56 Å². The summed E-state index contributed by atoms with van der Waals surface area (Å²) in [5.74, 6) is -0.921. The zero-order chi connectivity index (χ0) is 11.3. The molecule has 0 saturated heterocycles. The summed E-state index contributed by atoms with van der Waals surface area (Å²) < 4.78 is 13.3. The second kappa shape index (κ2) is 6.05. The highest BCUT2D eigenvalue weighted by Gasteiger charge is 2.03. The van der Waals surface area contributed by atoms with E-state index < -0.39 is 5.91 Å². The summed E-state index contributed by atoms with van der Waals surface area (Å²) in [5.41, 5.74) is 2.87. The van der Waals surface area contributed by atoms with Gasteiger partial charge in [0.25, 0.3) is 5.91 Å². The van der Waals surface area contributed by atoms with Gasteiger partial charge in [0.05, 0.1) is 0 Å². The van der Waals surface area contributed by atoms with E-state index in [4.69, 9.17) is 16.4 Å². The van der Waals surface area contributed by atoms with E-state index in [9.17, 15) is 9.18 Å². The van der Waals surface area contributed by atoms with Gasteiger partial charge in [-0.25, -0.2) is 9.87 Å². The lowest BCUT2D eigenvalue weighted by Gasteiger charge is -2.06. The Labute approximate surface area is 99.6 Å². The number of benzene rings is 1. The lowest BCUT2D eigenvalue weighted by Crippen LogP contribution is -2.24. The minimum atomic E-state index is -0.421. The van der Waals surface area contributed by atoms with Crippen molar-refractivity contribution in [2.75, 3.05) is 5.88 Å². The Morgan fingerprint density at radius 2 is 2.33 bits per heavy atom. The van der Waals surface area contributed by atoms with Gasteiger partial charge >= 0.3 is 0 Å². The molecular formula is C9H8BrClFNO2. The largest absolute Gasteiger partial charge is 0.271 e. The van der Waals surface area contributed by atoms with Crippen molar-refractivity contribution in [2.24, 2.45) is 0 Å². The number of amides is 1. The van der Waals surface area contributed by atoms with E-state index >= 15 is 0 Å². The summed E-state index contributed by atoms with van der Waals surface area (Å²) in [6.07, 6.45) is 0. The molecule has 6 heteroatoms. The van der Waals surface area contributed by atoms with Crippen LogP contribution in [0.25, 0.3) is 0 Å². The first-order chi connectivity index (χ1) is 7.13. The minimum Gasteiger partial charge on any atom is -0.271 e. The molecule has 1 N–H and O–H groups in total. The molecule has 1 aromatic rings. The third-order valence-electron chi connectivity index (χ3n) is 1.55. The molecule has 3 nitrogen and oxygen atoms in total. The zero-order valence-corrected chi connectivity index (χ0v) is 9.94. The topological polar surface area (TPSA) is 38.3 Å². The van der Waals surface area contributed by atoms with Crippen molar-refractivity contribution in [3.63, 3.8) is 0 Å². The van der Waals surface area contributed by atoms with Crippen molar-refractivity contribution in [3.8, 4) is 0 Å². The van der Waals surface area contributed by atoms with Crippen molar-refractivity contribution < 1.29 is 14.0 Å². The predicted molar refractivity (Wildman–Crippen MR) is 57.8 cm³/mol. The molecule has 0 unspecified atom stereocenters. The fourth-order valence-electron chi connectivity index (χ4n) is 0.860. The molecule has 0 fully saturated rings. The van der Waals surface area contributed by atoms with Crippen molar-refractivity contribution in [1.29, 1.82) is 0 Å². The molecule has 1 rings (SSSR count). The monoisotopic (exact) mass is 295 g/mol. The molecule has 1 aromatic carbocycles. The standard InChI is InChI=1S/C9H8BrClFNO2/c10-8-3-7(12)2-1-6(8)5-15-13-9(14)4-11/h1-3H,4-5H2,(H,13,14). The van der Waals surface area contributed by atoms with Crippen LogP contribution in [0.4, 0.5) is 4.39 Å². The summed E-state index contributed by atoms with van der Waals surface area (Å²) in [6, 6.07) is 4.20. The molecule has 0 atom stereocenters. The minimum absolute atomic E-state index is 0.142. The van der Waals surface area contributed by atoms with Crippen LogP contribution in [0.15, 0.2) is 22.7 Å². The molecule has 0 spiro atoms. The van der Waals surface area contributed by atoms with Gasteiger partial charge < -0.3 is 0 Å². The van der Waals surface area contributed by atoms with Gasteiger partial charge in [0, 0.05) is 4.47 Å². The zero-order valence-electron chi connectivity index (χ0n) is 7.60. The van der Waals surface area contributed by atoms with E-state index in [1.54, 1.807) is 6.07 Å². The predicted octanol–water partition coefficient (Wildman–Crippen LogP) is 2.37. The number of hydrogen-bond donors (Lipinski definition) is 1. The molecule has 0 aliphatic rings. The number of hydroxylamine groups is 1. The van der Waals surface area contributed by atoms with Gasteiger partial charge in [0.1, 0.15) is 18.3 Å². The van der Waals surface area contributed by atoms with E-state index in [1.165, 1.54) is 12.1 Å². The van der Waals surface area contributed by atoms with Gasteiger partial charge in [0.15, 0.2) is 0 Å². The lowest BCUT2D eigenvalue weighted by molar-refractivity contribution is -0.131. The summed E-state index contributed by atoms with van der Waals surface area (Å²) in [5, 5.41) is 0. The normalized spacial score (nSPS) is 10.1. The van der Waals surface area contributed by atoms with E-state index in [1.807, 2.05) is 0 Å². The van der Waals surface area contributed by atoms with E-state index in [0.29, 0.717) is 4.47 Å². The summed E-state index contributed by atoms with van der Waals surface area (Å²) in [4.78, 5) is 15.6. The first kappa shape index (κ1) is 12.4. The van der Waals surface area contributed by atoms with E-state index in [0.717, 1.165) is 5.56 Å². The van der Waals surface area contributed by atoms with Crippen LogP contribution < -0.4 is 5.48 Å². The van der Waals surface area contributed by atoms with Crippen LogP contribution in [0.2, 0.25) is 0 Å². The molecule has 0 aliphatic heterocycles.